The Hall–Kier alpha value is -4.27. The lowest BCUT2D eigenvalue weighted by atomic mass is 9.98. The van der Waals surface area contributed by atoms with Crippen LogP contribution in [-0.4, -0.2) is 44.5 Å². The van der Waals surface area contributed by atoms with Gasteiger partial charge < -0.3 is 20.7 Å². The van der Waals surface area contributed by atoms with Crippen LogP contribution in [0.3, 0.4) is 0 Å². The first-order valence-corrected chi connectivity index (χ1v) is 12.5. The molecular weight excluding hydrogens is 490 g/mol. The average Bonchev–Trinajstić information content (AvgIpc) is 3.51. The molecule has 2 aliphatic rings. The van der Waals surface area contributed by atoms with E-state index in [4.69, 9.17) is 0 Å². The van der Waals surface area contributed by atoms with Gasteiger partial charge in [0.25, 0.3) is 0 Å². The van der Waals surface area contributed by atoms with Gasteiger partial charge in [0.1, 0.15) is 23.0 Å². The molecule has 1 aliphatic carbocycles. The number of anilines is 1. The number of esters is 1. The minimum Gasteiger partial charge on any atom is -0.465 e. The Kier molecular flexibility index (Phi) is 7.35. The van der Waals surface area contributed by atoms with Gasteiger partial charge in [-0.3, -0.25) is 9.79 Å². The molecule has 3 aromatic carbocycles. The van der Waals surface area contributed by atoms with Gasteiger partial charge in [0.15, 0.2) is 0 Å². The Balaban J connectivity index is 1.13. The van der Waals surface area contributed by atoms with E-state index in [-0.39, 0.29) is 35.4 Å². The zero-order valence-corrected chi connectivity index (χ0v) is 20.9. The van der Waals surface area contributed by atoms with Crippen LogP contribution in [0, 0.1) is 23.5 Å². The number of benzene rings is 3. The van der Waals surface area contributed by atoms with E-state index in [2.05, 4.69) is 25.7 Å². The number of carbonyl (C=O) groups excluding carboxylic acids is 2. The third-order valence-electron chi connectivity index (χ3n) is 6.88. The Bertz CT molecular complexity index is 1390. The van der Waals surface area contributed by atoms with Crippen molar-refractivity contribution in [2.75, 3.05) is 32.1 Å². The molecule has 1 aliphatic heterocycles. The fourth-order valence-electron chi connectivity index (χ4n) is 4.63. The summed E-state index contributed by atoms with van der Waals surface area (Å²) in [5.41, 5.74) is 2.66. The van der Waals surface area contributed by atoms with Crippen molar-refractivity contribution >= 4 is 23.4 Å². The topological polar surface area (TPSA) is 91.8 Å². The monoisotopic (exact) mass is 518 g/mol. The second-order valence-electron chi connectivity index (χ2n) is 9.40. The molecule has 0 bridgehead atoms. The van der Waals surface area contributed by atoms with Crippen molar-refractivity contribution in [2.45, 2.75) is 13.0 Å². The molecule has 5 rings (SSSR count). The van der Waals surface area contributed by atoms with Gasteiger partial charge in [-0.2, -0.15) is 0 Å². The Morgan fingerprint density at radius 3 is 2.55 bits per heavy atom. The van der Waals surface area contributed by atoms with E-state index in [0.717, 1.165) is 49.8 Å². The molecule has 1 amide bonds. The Morgan fingerprint density at radius 1 is 1.05 bits per heavy atom. The molecular formula is C29H28F2N4O3. The van der Waals surface area contributed by atoms with Gasteiger partial charge in [-0.1, -0.05) is 24.3 Å². The number of nitrogens with zero attached hydrogens (tertiary/aromatic N) is 1. The molecule has 0 radical (unpaired) electrons. The number of ether oxygens (including phenoxy) is 1. The third-order valence-corrected chi connectivity index (χ3v) is 6.88. The summed E-state index contributed by atoms with van der Waals surface area (Å²) in [5, 5.41) is 9.44. The lowest BCUT2D eigenvalue weighted by molar-refractivity contribution is -0.122. The largest absolute Gasteiger partial charge is 0.465 e. The summed E-state index contributed by atoms with van der Waals surface area (Å²) in [7, 11) is 1.16. The standard InChI is InChI=1S/C29H28F2N4O3/c1-38-29(37)26-22(3-2-4-24(26)30)18-5-6-19(25(31)14-18)15-35-28(36)23-13-20(23)16-34-21-9-7-17(8-10-21)27-32-11-12-33-27/h2-10,14,20,23,34H,11-13,15-16H2,1H3,(H,32,33)(H,35,36)/t20-,23+/m0/s1. The minimum atomic E-state index is -0.836. The summed E-state index contributed by atoms with van der Waals surface area (Å²) >= 11 is 0. The summed E-state index contributed by atoms with van der Waals surface area (Å²) in [6, 6.07) is 16.5. The van der Waals surface area contributed by atoms with E-state index < -0.39 is 17.6 Å². The van der Waals surface area contributed by atoms with Gasteiger partial charge in [0.05, 0.1) is 13.7 Å². The highest BCUT2D eigenvalue weighted by Gasteiger charge is 2.42. The van der Waals surface area contributed by atoms with E-state index >= 15 is 0 Å². The van der Waals surface area contributed by atoms with Crippen LogP contribution < -0.4 is 16.0 Å². The third kappa shape index (κ3) is 5.51. The van der Waals surface area contributed by atoms with Crippen LogP contribution in [0.2, 0.25) is 0 Å². The van der Waals surface area contributed by atoms with Crippen LogP contribution in [0.15, 0.2) is 65.7 Å². The molecule has 7 nitrogen and oxygen atoms in total. The Labute approximate surface area is 219 Å². The zero-order valence-electron chi connectivity index (χ0n) is 20.9. The highest BCUT2D eigenvalue weighted by atomic mass is 19.1. The number of rotatable bonds is 9. The summed E-state index contributed by atoms with van der Waals surface area (Å²) < 4.78 is 33.8. The van der Waals surface area contributed by atoms with E-state index in [1.54, 1.807) is 6.07 Å². The summed E-state index contributed by atoms with van der Waals surface area (Å²) in [6.45, 7) is 2.38. The van der Waals surface area contributed by atoms with E-state index in [9.17, 15) is 18.4 Å². The van der Waals surface area contributed by atoms with Crippen molar-refractivity contribution in [3.8, 4) is 11.1 Å². The molecule has 3 N–H and O–H groups in total. The molecule has 0 aromatic heterocycles. The van der Waals surface area contributed by atoms with Crippen LogP contribution in [-0.2, 0) is 16.1 Å². The van der Waals surface area contributed by atoms with Crippen molar-refractivity contribution in [1.29, 1.82) is 0 Å². The van der Waals surface area contributed by atoms with Crippen molar-refractivity contribution in [2.24, 2.45) is 16.8 Å². The van der Waals surface area contributed by atoms with Crippen LogP contribution in [0.25, 0.3) is 11.1 Å². The highest BCUT2D eigenvalue weighted by Crippen LogP contribution is 2.38. The van der Waals surface area contributed by atoms with Crippen LogP contribution in [0.1, 0.15) is 27.9 Å². The van der Waals surface area contributed by atoms with Gasteiger partial charge in [0.2, 0.25) is 5.91 Å². The van der Waals surface area contributed by atoms with Crippen LogP contribution in [0.4, 0.5) is 14.5 Å². The first kappa shape index (κ1) is 25.4. The van der Waals surface area contributed by atoms with E-state index in [0.29, 0.717) is 17.7 Å². The zero-order chi connectivity index (χ0) is 26.6. The predicted octanol–water partition coefficient (Wildman–Crippen LogP) is 4.13. The second-order valence-corrected chi connectivity index (χ2v) is 9.40. The fourth-order valence-corrected chi connectivity index (χ4v) is 4.63. The maximum Gasteiger partial charge on any atom is 0.341 e. The number of carbonyl (C=O) groups is 2. The maximum absolute atomic E-state index is 14.8. The molecule has 2 atom stereocenters. The normalized spacial score (nSPS) is 17.8. The molecule has 0 saturated heterocycles. The van der Waals surface area contributed by atoms with E-state index in [1.807, 2.05) is 24.3 Å². The van der Waals surface area contributed by atoms with Gasteiger partial charge >= 0.3 is 5.97 Å². The first-order chi connectivity index (χ1) is 18.4. The number of hydrogen-bond acceptors (Lipinski definition) is 6. The van der Waals surface area contributed by atoms with Crippen LogP contribution >= 0.6 is 0 Å². The van der Waals surface area contributed by atoms with Crippen molar-refractivity contribution < 1.29 is 23.1 Å². The molecule has 0 unspecified atom stereocenters. The molecule has 1 saturated carbocycles. The lowest BCUT2D eigenvalue weighted by Crippen LogP contribution is -2.26. The SMILES string of the molecule is COC(=O)c1c(F)cccc1-c1ccc(CNC(=O)[C@@H]2C[C@H]2CNc2ccc(C3=NCCN3)cc2)c(F)c1. The second kappa shape index (κ2) is 11.0. The predicted molar refractivity (Wildman–Crippen MR) is 141 cm³/mol. The number of hydrogen-bond donors (Lipinski definition) is 3. The smallest absolute Gasteiger partial charge is 0.341 e. The quantitative estimate of drug-likeness (QED) is 0.371. The average molecular weight is 519 g/mol. The van der Waals surface area contributed by atoms with Gasteiger partial charge in [-0.25, -0.2) is 13.6 Å². The van der Waals surface area contributed by atoms with Crippen molar-refractivity contribution in [1.82, 2.24) is 10.6 Å². The molecule has 3 aromatic rings. The molecule has 1 fully saturated rings. The van der Waals surface area contributed by atoms with E-state index in [1.165, 1.54) is 24.3 Å². The number of nitrogens with one attached hydrogen (secondary N) is 3. The molecule has 1 heterocycles. The number of amidine groups is 1. The highest BCUT2D eigenvalue weighted by molar-refractivity contribution is 6.00. The van der Waals surface area contributed by atoms with Gasteiger partial charge in [-0.05, 0) is 59.9 Å². The molecule has 0 spiro atoms. The van der Waals surface area contributed by atoms with Gasteiger partial charge in [-0.15, -0.1) is 0 Å². The van der Waals surface area contributed by atoms with Crippen molar-refractivity contribution in [3.05, 3.63) is 89.0 Å². The Morgan fingerprint density at radius 2 is 1.84 bits per heavy atom. The summed E-state index contributed by atoms with van der Waals surface area (Å²) in [5.74, 6) is -1.23. The summed E-state index contributed by atoms with van der Waals surface area (Å²) in [6.07, 6.45) is 0.773. The number of methoxy groups -OCH3 is 1. The molecule has 196 valence electrons. The molecule has 9 heteroatoms. The number of aliphatic imine (C=N–C) groups is 1. The number of halogens is 2. The van der Waals surface area contributed by atoms with Gasteiger partial charge in [0, 0.05) is 42.4 Å². The minimum absolute atomic E-state index is 0.0357. The maximum atomic E-state index is 14.8. The van der Waals surface area contributed by atoms with Crippen LogP contribution in [0.5, 0.6) is 0 Å². The number of amides is 1. The van der Waals surface area contributed by atoms with Crippen molar-refractivity contribution in [3.63, 3.8) is 0 Å². The lowest BCUT2D eigenvalue weighted by Gasteiger charge is -2.12. The summed E-state index contributed by atoms with van der Waals surface area (Å²) in [4.78, 5) is 29.1. The first-order valence-electron chi connectivity index (χ1n) is 12.5. The fraction of sp³-hybridized carbons (Fsp3) is 0.276. The molecule has 38 heavy (non-hydrogen) atoms.